The number of carbonyl (C=O) groups is 2. The van der Waals surface area contributed by atoms with Gasteiger partial charge in [0.15, 0.2) is 5.78 Å². The highest BCUT2D eigenvalue weighted by Crippen LogP contribution is 2.23. The zero-order valence-corrected chi connectivity index (χ0v) is 15.8. The molecule has 1 heterocycles. The third-order valence-electron chi connectivity index (χ3n) is 4.20. The molecule has 1 N–H and O–H groups in total. The molecule has 2 aromatic carbocycles. The van der Waals surface area contributed by atoms with E-state index in [1.165, 1.54) is 20.1 Å². The number of hydrogen-bond acceptors (Lipinski definition) is 4. The molecule has 0 radical (unpaired) electrons. The summed E-state index contributed by atoms with van der Waals surface area (Å²) in [4.78, 5) is 28.1. The molecule has 0 aliphatic heterocycles. The van der Waals surface area contributed by atoms with Crippen LogP contribution in [0.25, 0.3) is 6.08 Å². The highest BCUT2D eigenvalue weighted by Gasteiger charge is 2.10. The fraction of sp³-hybridized carbons (Fsp3) is 0.136. The smallest absolute Gasteiger partial charge is 0.248 e. The fourth-order valence-electron chi connectivity index (χ4n) is 2.73. The van der Waals surface area contributed by atoms with Gasteiger partial charge in [0.25, 0.3) is 0 Å². The van der Waals surface area contributed by atoms with Crippen LogP contribution in [0.2, 0.25) is 0 Å². The normalized spacial score (nSPS) is 10.8. The molecule has 0 saturated heterocycles. The van der Waals surface area contributed by atoms with Crippen LogP contribution in [-0.2, 0) is 11.3 Å². The van der Waals surface area contributed by atoms with E-state index in [9.17, 15) is 9.59 Å². The van der Waals surface area contributed by atoms with Crippen LogP contribution in [0.3, 0.4) is 0 Å². The summed E-state index contributed by atoms with van der Waals surface area (Å²) in [6.07, 6.45) is 8.59. The van der Waals surface area contributed by atoms with Crippen molar-refractivity contribution in [2.24, 2.45) is 0 Å². The minimum atomic E-state index is -0.321. The van der Waals surface area contributed by atoms with Crippen molar-refractivity contribution in [3.8, 4) is 5.75 Å². The first-order valence-corrected chi connectivity index (χ1v) is 8.78. The van der Waals surface area contributed by atoms with Crippen LogP contribution < -0.4 is 10.1 Å². The zero-order chi connectivity index (χ0) is 19.9. The van der Waals surface area contributed by atoms with Gasteiger partial charge in [-0.1, -0.05) is 24.3 Å². The van der Waals surface area contributed by atoms with Crippen LogP contribution in [0.15, 0.2) is 67.3 Å². The molecular weight excluding hydrogens is 354 g/mol. The third kappa shape index (κ3) is 4.94. The molecule has 0 saturated carbocycles. The van der Waals surface area contributed by atoms with Crippen molar-refractivity contribution in [1.82, 2.24) is 9.55 Å². The second kappa shape index (κ2) is 8.81. The average Bonchev–Trinajstić information content (AvgIpc) is 3.20. The molecule has 0 atom stereocenters. The number of hydrogen-bond donors (Lipinski definition) is 1. The summed E-state index contributed by atoms with van der Waals surface area (Å²) >= 11 is 0. The van der Waals surface area contributed by atoms with Crippen molar-refractivity contribution < 1.29 is 14.3 Å². The van der Waals surface area contributed by atoms with Gasteiger partial charge < -0.3 is 14.6 Å². The highest BCUT2D eigenvalue weighted by atomic mass is 16.5. The minimum absolute atomic E-state index is 0.129. The lowest BCUT2D eigenvalue weighted by Crippen LogP contribution is -2.11. The first-order chi connectivity index (χ1) is 13.5. The number of Topliss-reactive ketones (excluding diaryl/α,β-unsaturated/α-hetero) is 1. The van der Waals surface area contributed by atoms with Crippen LogP contribution >= 0.6 is 0 Å². The van der Waals surface area contributed by atoms with E-state index in [1.807, 2.05) is 35.0 Å². The van der Waals surface area contributed by atoms with Gasteiger partial charge in [0.2, 0.25) is 5.91 Å². The second-order valence-electron chi connectivity index (χ2n) is 6.27. The molecule has 3 rings (SSSR count). The third-order valence-corrected chi connectivity index (χ3v) is 4.20. The second-order valence-corrected chi connectivity index (χ2v) is 6.27. The van der Waals surface area contributed by atoms with Crippen LogP contribution in [0.5, 0.6) is 5.75 Å². The number of rotatable bonds is 7. The molecule has 1 aromatic heterocycles. The quantitative estimate of drug-likeness (QED) is 0.504. The summed E-state index contributed by atoms with van der Waals surface area (Å²) in [5.74, 6) is 0.117. The van der Waals surface area contributed by atoms with Gasteiger partial charge >= 0.3 is 0 Å². The Morgan fingerprint density at radius 1 is 1.18 bits per heavy atom. The standard InChI is InChI=1S/C22H21N3O3/c1-16(26)20-9-8-19(28-2)13-21(20)24-22(27)10-7-17-3-5-18(6-4-17)14-25-12-11-23-15-25/h3-13,15H,14H2,1-2H3,(H,24,27). The maximum Gasteiger partial charge on any atom is 0.248 e. The summed E-state index contributed by atoms with van der Waals surface area (Å²) < 4.78 is 7.15. The lowest BCUT2D eigenvalue weighted by molar-refractivity contribution is -0.111. The number of methoxy groups -OCH3 is 1. The molecule has 6 nitrogen and oxygen atoms in total. The Morgan fingerprint density at radius 3 is 2.61 bits per heavy atom. The number of carbonyl (C=O) groups excluding carboxylic acids is 2. The zero-order valence-electron chi connectivity index (χ0n) is 15.8. The van der Waals surface area contributed by atoms with Gasteiger partial charge in [-0.15, -0.1) is 0 Å². The van der Waals surface area contributed by atoms with E-state index in [1.54, 1.807) is 36.8 Å². The molecular formula is C22H21N3O3. The Morgan fingerprint density at radius 2 is 1.96 bits per heavy atom. The number of benzene rings is 2. The SMILES string of the molecule is COc1ccc(C(C)=O)c(NC(=O)C=Cc2ccc(Cn3ccnc3)cc2)c1. The van der Waals surface area contributed by atoms with Crippen molar-refractivity contribution in [3.63, 3.8) is 0 Å². The Balaban J connectivity index is 1.66. The predicted molar refractivity (Wildman–Crippen MR) is 108 cm³/mol. The van der Waals surface area contributed by atoms with E-state index in [-0.39, 0.29) is 11.7 Å². The number of nitrogens with zero attached hydrogens (tertiary/aromatic N) is 2. The van der Waals surface area contributed by atoms with Crippen LogP contribution in [0.4, 0.5) is 5.69 Å². The highest BCUT2D eigenvalue weighted by molar-refractivity contribution is 6.07. The molecule has 1 amide bonds. The Labute approximate surface area is 163 Å². The van der Waals surface area contributed by atoms with E-state index in [0.717, 1.165) is 17.7 Å². The molecule has 0 aliphatic rings. The summed E-state index contributed by atoms with van der Waals surface area (Å²) in [6.45, 7) is 2.20. The van der Waals surface area contributed by atoms with Crippen molar-refractivity contribution in [2.45, 2.75) is 13.5 Å². The maximum atomic E-state index is 12.3. The Hall–Kier alpha value is -3.67. The van der Waals surface area contributed by atoms with E-state index in [4.69, 9.17) is 4.74 Å². The van der Waals surface area contributed by atoms with Gasteiger partial charge in [0.1, 0.15) is 5.75 Å². The first kappa shape index (κ1) is 19.1. The minimum Gasteiger partial charge on any atom is -0.497 e. The van der Waals surface area contributed by atoms with Crippen molar-refractivity contribution in [1.29, 1.82) is 0 Å². The van der Waals surface area contributed by atoms with E-state index in [0.29, 0.717) is 17.0 Å². The summed E-state index contributed by atoms with van der Waals surface area (Å²) in [5.41, 5.74) is 2.91. The van der Waals surface area contributed by atoms with Crippen molar-refractivity contribution in [3.05, 3.63) is 84.0 Å². The van der Waals surface area contributed by atoms with Gasteiger partial charge in [0, 0.05) is 36.6 Å². The molecule has 28 heavy (non-hydrogen) atoms. The van der Waals surface area contributed by atoms with Gasteiger partial charge in [0.05, 0.1) is 19.1 Å². The molecule has 6 heteroatoms. The number of aromatic nitrogens is 2. The van der Waals surface area contributed by atoms with Crippen molar-refractivity contribution >= 4 is 23.5 Å². The lowest BCUT2D eigenvalue weighted by atomic mass is 10.1. The molecule has 0 fully saturated rings. The van der Waals surface area contributed by atoms with E-state index >= 15 is 0 Å². The summed E-state index contributed by atoms with van der Waals surface area (Å²) in [6, 6.07) is 12.9. The number of ketones is 1. The summed E-state index contributed by atoms with van der Waals surface area (Å²) in [7, 11) is 1.53. The average molecular weight is 375 g/mol. The fourth-order valence-corrected chi connectivity index (χ4v) is 2.73. The van der Waals surface area contributed by atoms with E-state index in [2.05, 4.69) is 10.3 Å². The number of imidazole rings is 1. The maximum absolute atomic E-state index is 12.3. The molecule has 0 unspecified atom stereocenters. The largest absolute Gasteiger partial charge is 0.497 e. The number of nitrogens with one attached hydrogen (secondary N) is 1. The first-order valence-electron chi connectivity index (χ1n) is 8.78. The molecule has 0 bridgehead atoms. The number of ether oxygens (including phenoxy) is 1. The van der Waals surface area contributed by atoms with Gasteiger partial charge in [-0.3, -0.25) is 9.59 Å². The van der Waals surface area contributed by atoms with Crippen molar-refractivity contribution in [2.75, 3.05) is 12.4 Å². The number of amides is 1. The Kier molecular flexibility index (Phi) is 6.01. The topological polar surface area (TPSA) is 73.2 Å². The molecule has 0 aliphatic carbocycles. The molecule has 3 aromatic rings. The van der Waals surface area contributed by atoms with Crippen LogP contribution in [0.1, 0.15) is 28.4 Å². The van der Waals surface area contributed by atoms with Crippen LogP contribution in [0, 0.1) is 0 Å². The van der Waals surface area contributed by atoms with Gasteiger partial charge in [-0.05, 0) is 36.3 Å². The lowest BCUT2D eigenvalue weighted by Gasteiger charge is -2.09. The summed E-state index contributed by atoms with van der Waals surface area (Å²) in [5, 5.41) is 2.74. The molecule has 0 spiro atoms. The van der Waals surface area contributed by atoms with Crippen LogP contribution in [-0.4, -0.2) is 28.4 Å². The predicted octanol–water partition coefficient (Wildman–Crippen LogP) is 3.79. The molecule has 142 valence electrons. The monoisotopic (exact) mass is 375 g/mol. The van der Waals surface area contributed by atoms with Gasteiger partial charge in [-0.25, -0.2) is 4.98 Å². The van der Waals surface area contributed by atoms with Gasteiger partial charge in [-0.2, -0.15) is 0 Å². The number of anilines is 1. The Bertz CT molecular complexity index is 990. The van der Waals surface area contributed by atoms with E-state index < -0.39 is 0 Å².